The van der Waals surface area contributed by atoms with Crippen molar-refractivity contribution in [2.75, 3.05) is 9.80 Å². The summed E-state index contributed by atoms with van der Waals surface area (Å²) in [7, 11) is 0. The molecule has 4 nitrogen and oxygen atoms in total. The summed E-state index contributed by atoms with van der Waals surface area (Å²) in [5.41, 5.74) is 11.0. The molecule has 1 aliphatic rings. The fraction of sp³-hybridized carbons (Fsp3) is 0.0370. The zero-order valence-corrected chi connectivity index (χ0v) is 31.7. The van der Waals surface area contributed by atoms with Gasteiger partial charge in [-0.1, -0.05) is 133 Å². The van der Waals surface area contributed by atoms with Crippen LogP contribution in [0.25, 0.3) is 49.0 Å². The van der Waals surface area contributed by atoms with E-state index < -0.39 is 0 Å². The lowest BCUT2D eigenvalue weighted by atomic mass is 9.91. The quantitative estimate of drug-likeness (QED) is 0.146. The molecule has 0 spiro atoms. The highest BCUT2D eigenvalue weighted by Crippen LogP contribution is 2.48. The lowest BCUT2D eigenvalue weighted by Crippen LogP contribution is -2.13. The Morgan fingerprint density at radius 3 is 1.38 bits per heavy atom. The molecule has 0 aromatic heterocycles. The van der Waals surface area contributed by atoms with Gasteiger partial charge in [-0.2, -0.15) is 10.5 Å². The van der Waals surface area contributed by atoms with Crippen LogP contribution in [0.4, 0.5) is 34.1 Å². The molecular formula is C54H36N4. The van der Waals surface area contributed by atoms with Gasteiger partial charge in [0, 0.05) is 22.1 Å². The lowest BCUT2D eigenvalue weighted by Gasteiger charge is -2.30. The Morgan fingerprint density at radius 2 is 0.879 bits per heavy atom. The van der Waals surface area contributed by atoms with Crippen LogP contribution in [0.5, 0.6) is 0 Å². The number of rotatable bonds is 8. The topological polar surface area (TPSA) is 54.1 Å². The highest BCUT2D eigenvalue weighted by molar-refractivity contribution is 6.28. The van der Waals surface area contributed by atoms with Gasteiger partial charge in [0.25, 0.3) is 0 Å². The Morgan fingerprint density at radius 1 is 0.414 bits per heavy atom. The van der Waals surface area contributed by atoms with Crippen molar-refractivity contribution in [1.29, 1.82) is 10.5 Å². The molecule has 9 aromatic rings. The van der Waals surface area contributed by atoms with Gasteiger partial charge < -0.3 is 9.80 Å². The summed E-state index contributed by atoms with van der Waals surface area (Å²) in [6.45, 7) is 0. The van der Waals surface area contributed by atoms with Crippen molar-refractivity contribution in [2.24, 2.45) is 0 Å². The fourth-order valence-electron chi connectivity index (χ4n) is 8.59. The Hall–Kier alpha value is -7.92. The second-order valence-corrected chi connectivity index (χ2v) is 14.6. The first-order valence-corrected chi connectivity index (χ1v) is 19.6. The van der Waals surface area contributed by atoms with E-state index in [2.05, 4.69) is 149 Å². The van der Waals surface area contributed by atoms with E-state index >= 15 is 0 Å². The van der Waals surface area contributed by atoms with E-state index in [1.54, 1.807) is 0 Å². The molecule has 0 bridgehead atoms. The van der Waals surface area contributed by atoms with E-state index in [9.17, 15) is 10.5 Å². The molecule has 9 aromatic carbocycles. The Kier molecular flexibility index (Phi) is 8.71. The minimum Gasteiger partial charge on any atom is -0.309 e. The number of para-hydroxylation sites is 2. The van der Waals surface area contributed by atoms with Crippen LogP contribution in [0, 0.1) is 22.7 Å². The van der Waals surface area contributed by atoms with Crippen LogP contribution in [-0.2, 0) is 0 Å². The molecule has 0 saturated heterocycles. The third-order valence-corrected chi connectivity index (χ3v) is 11.3. The lowest BCUT2D eigenvalue weighted by molar-refractivity contribution is 1.04. The zero-order valence-electron chi connectivity index (χ0n) is 31.7. The molecule has 0 fully saturated rings. The molecule has 1 aliphatic carbocycles. The normalized spacial score (nSPS) is 12.3. The van der Waals surface area contributed by atoms with Crippen LogP contribution in [0.15, 0.2) is 194 Å². The molecule has 10 rings (SSSR count). The molecule has 0 aliphatic heterocycles. The Balaban J connectivity index is 1.19. The number of hydrogen-bond acceptors (Lipinski definition) is 4. The monoisotopic (exact) mass is 740 g/mol. The number of allylic oxidation sites excluding steroid dienone is 4. The highest BCUT2D eigenvalue weighted by atomic mass is 15.2. The molecule has 4 heteroatoms. The maximum Gasteiger partial charge on any atom is 0.101 e. The van der Waals surface area contributed by atoms with Crippen molar-refractivity contribution in [3.8, 4) is 23.3 Å². The first-order chi connectivity index (χ1) is 28.7. The van der Waals surface area contributed by atoms with Crippen LogP contribution >= 0.6 is 0 Å². The predicted molar refractivity (Wildman–Crippen MR) is 241 cm³/mol. The summed E-state index contributed by atoms with van der Waals surface area (Å²) in [5.74, 6) is 0. The van der Waals surface area contributed by atoms with Gasteiger partial charge in [0.05, 0.1) is 33.9 Å². The summed E-state index contributed by atoms with van der Waals surface area (Å²) in [5, 5.41) is 28.0. The standard InChI is InChI=1S/C54H36N4/c55-35-43-33-41(37-13-5-1-6-14-37)25-29-49(43)57(45-17-9-3-10-18-45)51-31-23-39-22-28-48-52(32-24-40-21-27-47(51)53(39)54(40)48)58(46-19-11-4-12-20-46)50-30-26-42(34-44(50)36-56)38-15-7-2-8-16-38/h1,3-7,9-34H,2,8H2. The minimum atomic E-state index is 0.590. The number of hydrogen-bond donors (Lipinski definition) is 0. The molecule has 0 unspecified atom stereocenters. The van der Waals surface area contributed by atoms with Gasteiger partial charge in [0.1, 0.15) is 12.1 Å². The van der Waals surface area contributed by atoms with Crippen LogP contribution in [0.1, 0.15) is 29.5 Å². The van der Waals surface area contributed by atoms with Crippen LogP contribution in [0.3, 0.4) is 0 Å². The molecule has 0 radical (unpaired) electrons. The maximum atomic E-state index is 10.7. The summed E-state index contributed by atoms with van der Waals surface area (Å²) < 4.78 is 0. The minimum absolute atomic E-state index is 0.590. The van der Waals surface area contributed by atoms with Crippen molar-refractivity contribution >= 4 is 72.0 Å². The van der Waals surface area contributed by atoms with Crippen molar-refractivity contribution in [3.63, 3.8) is 0 Å². The van der Waals surface area contributed by atoms with Crippen LogP contribution in [0.2, 0.25) is 0 Å². The molecule has 58 heavy (non-hydrogen) atoms. The van der Waals surface area contributed by atoms with Gasteiger partial charge >= 0.3 is 0 Å². The second kappa shape index (κ2) is 14.6. The molecular weight excluding hydrogens is 705 g/mol. The second-order valence-electron chi connectivity index (χ2n) is 14.6. The first kappa shape index (κ1) is 34.6. The Labute approximate surface area is 338 Å². The molecule has 0 saturated carbocycles. The summed E-state index contributed by atoms with van der Waals surface area (Å²) in [4.78, 5) is 4.44. The van der Waals surface area contributed by atoms with E-state index in [0.717, 1.165) is 102 Å². The third kappa shape index (κ3) is 5.93. The highest BCUT2D eigenvalue weighted by Gasteiger charge is 2.24. The van der Waals surface area contributed by atoms with Crippen molar-refractivity contribution < 1.29 is 0 Å². The molecule has 272 valence electrons. The number of nitrogens with zero attached hydrogens (tertiary/aromatic N) is 4. The number of benzene rings is 9. The van der Waals surface area contributed by atoms with Gasteiger partial charge in [-0.05, 0) is 117 Å². The average molecular weight is 741 g/mol. The number of anilines is 6. The first-order valence-electron chi connectivity index (χ1n) is 19.6. The molecule has 0 atom stereocenters. The van der Waals surface area contributed by atoms with Gasteiger partial charge in [-0.3, -0.25) is 0 Å². The summed E-state index contributed by atoms with van der Waals surface area (Å²) >= 11 is 0. The molecule has 0 heterocycles. The average Bonchev–Trinajstić information content (AvgIpc) is 3.30. The van der Waals surface area contributed by atoms with E-state index in [1.165, 1.54) is 0 Å². The molecule has 0 amide bonds. The Bertz CT molecular complexity index is 3130. The summed E-state index contributed by atoms with van der Waals surface area (Å²) in [6.07, 6.45) is 8.64. The van der Waals surface area contributed by atoms with Gasteiger partial charge in [-0.15, -0.1) is 0 Å². The number of nitriles is 2. The van der Waals surface area contributed by atoms with E-state index in [-0.39, 0.29) is 0 Å². The van der Waals surface area contributed by atoms with Gasteiger partial charge in [0.15, 0.2) is 0 Å². The van der Waals surface area contributed by atoms with Crippen LogP contribution < -0.4 is 9.80 Å². The molecule has 0 N–H and O–H groups in total. The van der Waals surface area contributed by atoms with Crippen molar-refractivity contribution in [1.82, 2.24) is 0 Å². The van der Waals surface area contributed by atoms with Crippen molar-refractivity contribution in [2.45, 2.75) is 12.8 Å². The maximum absolute atomic E-state index is 10.7. The smallest absolute Gasteiger partial charge is 0.101 e. The summed E-state index contributed by atoms with van der Waals surface area (Å²) in [6, 6.07) is 65.9. The van der Waals surface area contributed by atoms with E-state index in [0.29, 0.717) is 11.1 Å². The zero-order chi connectivity index (χ0) is 39.0. The van der Waals surface area contributed by atoms with E-state index in [1.807, 2.05) is 66.7 Å². The largest absolute Gasteiger partial charge is 0.309 e. The fourth-order valence-corrected chi connectivity index (χ4v) is 8.59. The van der Waals surface area contributed by atoms with Gasteiger partial charge in [0.2, 0.25) is 0 Å². The SMILES string of the molecule is N#Cc1cc(C2=CCCC=C2)ccc1N(c1ccccc1)c1ccc2ccc3c(N(c4ccccc4)c4ccc(-c5ccccc5)cc4C#N)ccc4ccc1c2c43. The van der Waals surface area contributed by atoms with Crippen LogP contribution in [-0.4, -0.2) is 0 Å². The third-order valence-electron chi connectivity index (χ3n) is 11.3. The van der Waals surface area contributed by atoms with E-state index in [4.69, 9.17) is 0 Å². The predicted octanol–water partition coefficient (Wildman–Crippen LogP) is 14.7. The van der Waals surface area contributed by atoms with Gasteiger partial charge in [-0.25, -0.2) is 0 Å². The van der Waals surface area contributed by atoms with Crippen molar-refractivity contribution in [3.05, 3.63) is 211 Å².